The Hall–Kier alpha value is -3.32. The number of hydrogen-bond acceptors (Lipinski definition) is 5. The van der Waals surface area contributed by atoms with Crippen molar-refractivity contribution in [3.8, 4) is 0 Å². The van der Waals surface area contributed by atoms with Crippen molar-refractivity contribution in [1.82, 2.24) is 9.88 Å². The number of carbonyl (C=O) groups excluding carboxylic acids is 3. The number of imide groups is 1. The predicted molar refractivity (Wildman–Crippen MR) is 100 cm³/mol. The van der Waals surface area contributed by atoms with Crippen LogP contribution in [0.4, 0.5) is 5.69 Å². The predicted octanol–water partition coefficient (Wildman–Crippen LogP) is 3.17. The summed E-state index contributed by atoms with van der Waals surface area (Å²) in [5, 5.41) is 3.43. The van der Waals surface area contributed by atoms with E-state index in [0.717, 1.165) is 20.1 Å². The van der Waals surface area contributed by atoms with Gasteiger partial charge < -0.3 is 5.32 Å². The van der Waals surface area contributed by atoms with Crippen LogP contribution in [0.25, 0.3) is 16.3 Å². The lowest BCUT2D eigenvalue weighted by Gasteiger charge is -2.03. The van der Waals surface area contributed by atoms with Gasteiger partial charge in [-0.2, -0.15) is 0 Å². The summed E-state index contributed by atoms with van der Waals surface area (Å²) < 4.78 is 1.05. The molecule has 0 aliphatic carbocycles. The SMILES string of the molecule is CN1C(=O)c2ccc(NC(=O)/C=C/c3nc4ccccc4s3)cc2C1=O. The van der Waals surface area contributed by atoms with Crippen molar-refractivity contribution in [2.24, 2.45) is 0 Å². The quantitative estimate of drug-likeness (QED) is 0.573. The van der Waals surface area contributed by atoms with Gasteiger partial charge in [-0.1, -0.05) is 12.1 Å². The lowest BCUT2D eigenvalue weighted by molar-refractivity contribution is -0.111. The van der Waals surface area contributed by atoms with Gasteiger partial charge in [-0.15, -0.1) is 11.3 Å². The second-order valence-electron chi connectivity index (χ2n) is 5.77. The van der Waals surface area contributed by atoms with Crippen molar-refractivity contribution < 1.29 is 14.4 Å². The third kappa shape index (κ3) is 2.78. The molecule has 0 radical (unpaired) electrons. The Morgan fingerprint density at radius 1 is 1.12 bits per heavy atom. The second-order valence-corrected chi connectivity index (χ2v) is 6.83. The summed E-state index contributed by atoms with van der Waals surface area (Å²) in [6.07, 6.45) is 3.04. The second kappa shape index (κ2) is 6.20. The van der Waals surface area contributed by atoms with Crippen LogP contribution >= 0.6 is 11.3 Å². The van der Waals surface area contributed by atoms with Gasteiger partial charge in [0.1, 0.15) is 5.01 Å². The van der Waals surface area contributed by atoms with Crippen LogP contribution < -0.4 is 5.32 Å². The molecule has 4 rings (SSSR count). The highest BCUT2D eigenvalue weighted by Crippen LogP contribution is 2.25. The maximum atomic E-state index is 12.1. The van der Waals surface area contributed by atoms with Gasteiger partial charge in [0, 0.05) is 18.8 Å². The van der Waals surface area contributed by atoms with E-state index in [1.165, 1.54) is 30.5 Å². The number of rotatable bonds is 3. The Morgan fingerprint density at radius 2 is 1.88 bits per heavy atom. The van der Waals surface area contributed by atoms with Crippen LogP contribution in [-0.4, -0.2) is 34.7 Å². The summed E-state index contributed by atoms with van der Waals surface area (Å²) in [7, 11) is 1.43. The van der Waals surface area contributed by atoms with E-state index in [1.807, 2.05) is 24.3 Å². The zero-order chi connectivity index (χ0) is 18.3. The first-order valence-electron chi connectivity index (χ1n) is 7.84. The molecule has 3 amide bonds. The van der Waals surface area contributed by atoms with Crippen LogP contribution in [0.1, 0.15) is 25.7 Å². The standard InChI is InChI=1S/C19H13N3O3S/c1-22-18(24)12-7-6-11(10-13(12)19(22)25)20-16(23)8-9-17-21-14-4-2-3-5-15(14)26-17/h2-10H,1H3,(H,20,23)/b9-8+. The molecule has 0 bridgehead atoms. The average molecular weight is 363 g/mol. The van der Waals surface area contributed by atoms with Crippen LogP contribution in [0.15, 0.2) is 48.5 Å². The number of amides is 3. The average Bonchev–Trinajstić information content (AvgIpc) is 3.15. The number of carbonyl (C=O) groups is 3. The Balaban J connectivity index is 1.50. The molecule has 3 aromatic rings. The summed E-state index contributed by atoms with van der Waals surface area (Å²) in [6.45, 7) is 0. The molecule has 0 spiro atoms. The van der Waals surface area contributed by atoms with Gasteiger partial charge in [-0.25, -0.2) is 4.98 Å². The van der Waals surface area contributed by atoms with E-state index in [9.17, 15) is 14.4 Å². The maximum Gasteiger partial charge on any atom is 0.261 e. The van der Waals surface area contributed by atoms with E-state index in [-0.39, 0.29) is 17.7 Å². The van der Waals surface area contributed by atoms with Gasteiger partial charge in [0.05, 0.1) is 21.3 Å². The minimum atomic E-state index is -0.369. The van der Waals surface area contributed by atoms with E-state index in [2.05, 4.69) is 10.3 Å². The summed E-state index contributed by atoms with van der Waals surface area (Å²) in [5.74, 6) is -1.04. The van der Waals surface area contributed by atoms with Crippen molar-refractivity contribution in [2.45, 2.75) is 0 Å². The molecule has 1 aliphatic heterocycles. The number of aromatic nitrogens is 1. The number of nitrogens with zero attached hydrogens (tertiary/aromatic N) is 2. The van der Waals surface area contributed by atoms with Gasteiger partial charge in [-0.3, -0.25) is 19.3 Å². The van der Waals surface area contributed by atoms with Crippen LogP contribution in [0.3, 0.4) is 0 Å². The number of benzene rings is 2. The molecular formula is C19H13N3O3S. The van der Waals surface area contributed by atoms with Crippen LogP contribution in [-0.2, 0) is 4.79 Å². The largest absolute Gasteiger partial charge is 0.322 e. The summed E-state index contributed by atoms with van der Waals surface area (Å²) in [4.78, 5) is 41.5. The molecule has 0 unspecified atom stereocenters. The van der Waals surface area contributed by atoms with Gasteiger partial charge in [0.15, 0.2) is 0 Å². The van der Waals surface area contributed by atoms with Gasteiger partial charge in [0.2, 0.25) is 5.91 Å². The molecule has 128 valence electrons. The maximum absolute atomic E-state index is 12.1. The highest BCUT2D eigenvalue weighted by atomic mass is 32.1. The van der Waals surface area contributed by atoms with Crippen molar-refractivity contribution in [3.05, 3.63) is 64.7 Å². The first kappa shape index (κ1) is 16.2. The molecule has 0 fully saturated rings. The third-order valence-electron chi connectivity index (χ3n) is 4.04. The zero-order valence-electron chi connectivity index (χ0n) is 13.7. The highest BCUT2D eigenvalue weighted by molar-refractivity contribution is 7.19. The first-order chi connectivity index (χ1) is 12.5. The molecule has 0 saturated carbocycles. The fourth-order valence-electron chi connectivity index (χ4n) is 2.73. The number of fused-ring (bicyclic) bond motifs is 2. The van der Waals surface area contributed by atoms with Gasteiger partial charge >= 0.3 is 0 Å². The summed E-state index contributed by atoms with van der Waals surface area (Å²) >= 11 is 1.50. The summed E-state index contributed by atoms with van der Waals surface area (Å²) in [6, 6.07) is 12.4. The Bertz CT molecular complexity index is 1070. The van der Waals surface area contributed by atoms with Crippen molar-refractivity contribution in [1.29, 1.82) is 0 Å². The molecule has 0 saturated heterocycles. The van der Waals surface area contributed by atoms with E-state index in [4.69, 9.17) is 0 Å². The third-order valence-corrected chi connectivity index (χ3v) is 5.05. The van der Waals surface area contributed by atoms with Crippen LogP contribution in [0.5, 0.6) is 0 Å². The van der Waals surface area contributed by atoms with Gasteiger partial charge in [-0.05, 0) is 36.4 Å². The molecule has 6 nitrogen and oxygen atoms in total. The van der Waals surface area contributed by atoms with E-state index in [1.54, 1.807) is 18.2 Å². The Kier molecular flexibility index (Phi) is 3.85. The highest BCUT2D eigenvalue weighted by Gasteiger charge is 2.32. The molecule has 2 heterocycles. The van der Waals surface area contributed by atoms with Gasteiger partial charge in [0.25, 0.3) is 11.8 Å². The molecule has 7 heteroatoms. The zero-order valence-corrected chi connectivity index (χ0v) is 14.5. The van der Waals surface area contributed by atoms with Crippen molar-refractivity contribution >= 4 is 51.0 Å². The minimum absolute atomic E-state index is 0.297. The Labute approximate surface area is 152 Å². The molecule has 1 aliphatic rings. The smallest absolute Gasteiger partial charge is 0.261 e. The van der Waals surface area contributed by atoms with Crippen LogP contribution in [0.2, 0.25) is 0 Å². The molecule has 26 heavy (non-hydrogen) atoms. The number of nitrogens with one attached hydrogen (secondary N) is 1. The minimum Gasteiger partial charge on any atom is -0.322 e. The van der Waals surface area contributed by atoms with Crippen molar-refractivity contribution in [2.75, 3.05) is 12.4 Å². The number of para-hydroxylation sites is 1. The number of thiazole rings is 1. The lowest BCUT2D eigenvalue weighted by atomic mass is 10.1. The first-order valence-corrected chi connectivity index (χ1v) is 8.65. The van der Waals surface area contributed by atoms with E-state index < -0.39 is 0 Å². The molecule has 0 atom stereocenters. The summed E-state index contributed by atoms with van der Waals surface area (Å²) in [5.41, 5.74) is 1.99. The molecule has 1 aromatic heterocycles. The number of hydrogen-bond donors (Lipinski definition) is 1. The van der Waals surface area contributed by atoms with Crippen LogP contribution in [0, 0.1) is 0 Å². The topological polar surface area (TPSA) is 79.4 Å². The van der Waals surface area contributed by atoms with Crippen molar-refractivity contribution in [3.63, 3.8) is 0 Å². The monoisotopic (exact) mass is 363 g/mol. The fraction of sp³-hybridized carbons (Fsp3) is 0.0526. The Morgan fingerprint density at radius 3 is 2.69 bits per heavy atom. The molecular weight excluding hydrogens is 350 g/mol. The fourth-order valence-corrected chi connectivity index (χ4v) is 3.60. The van der Waals surface area contributed by atoms with E-state index >= 15 is 0 Å². The van der Waals surface area contributed by atoms with E-state index in [0.29, 0.717) is 16.8 Å². The number of anilines is 1. The normalized spacial score (nSPS) is 13.7. The molecule has 1 N–H and O–H groups in total. The lowest BCUT2D eigenvalue weighted by Crippen LogP contribution is -2.24. The molecule has 2 aromatic carbocycles.